The van der Waals surface area contributed by atoms with E-state index in [-0.39, 0.29) is 11.5 Å². The Bertz CT molecular complexity index is 1590. The van der Waals surface area contributed by atoms with Crippen molar-refractivity contribution < 1.29 is 9.26 Å². The minimum atomic E-state index is -0.591. The van der Waals surface area contributed by atoms with E-state index in [0.29, 0.717) is 35.8 Å². The number of nitrogens with one attached hydrogen (secondary N) is 1. The van der Waals surface area contributed by atoms with E-state index in [4.69, 9.17) is 19.2 Å². The number of hydrogen-bond acceptors (Lipinski definition) is 8. The standard InChI is InChI=1S/C30H34N6O4/c1-5-7-13-27-26(29(37)36(20(3)33-27)19-31-18-23(39-4)10-6-2)16-22-15-14-21(17-32-22)24-11-8-9-12-25(24)28-34-30(38)40-35-28/h6,8-10,12,14-15,17-19,24H,5,7,11,13,16H2,1-4H3,(H,34,35,38)/b10-6-,23-18+,31-19?. The Morgan fingerprint density at radius 1 is 1.32 bits per heavy atom. The first kappa shape index (κ1) is 28.4. The molecule has 1 atom stereocenters. The minimum Gasteiger partial charge on any atom is -0.495 e. The van der Waals surface area contributed by atoms with Gasteiger partial charge in [-0.2, -0.15) is 0 Å². The predicted octanol–water partition coefficient (Wildman–Crippen LogP) is 4.62. The van der Waals surface area contributed by atoms with Gasteiger partial charge in [-0.15, -0.1) is 0 Å². The van der Waals surface area contributed by atoms with Gasteiger partial charge in [-0.3, -0.25) is 23.9 Å². The summed E-state index contributed by atoms with van der Waals surface area (Å²) < 4.78 is 11.4. The zero-order valence-electron chi connectivity index (χ0n) is 23.3. The number of unbranched alkanes of at least 4 members (excludes halogenated alkanes) is 1. The molecule has 10 nitrogen and oxygen atoms in total. The number of H-pyrrole nitrogens is 1. The highest BCUT2D eigenvalue weighted by atomic mass is 16.5. The summed E-state index contributed by atoms with van der Waals surface area (Å²) in [5.74, 6) is 0.931. The average molecular weight is 543 g/mol. The number of hydrogen-bond donors (Lipinski definition) is 1. The monoisotopic (exact) mass is 542 g/mol. The molecule has 40 heavy (non-hydrogen) atoms. The molecular weight excluding hydrogens is 508 g/mol. The third-order valence-electron chi connectivity index (χ3n) is 6.67. The fourth-order valence-electron chi connectivity index (χ4n) is 4.57. The van der Waals surface area contributed by atoms with Gasteiger partial charge in [0.25, 0.3) is 5.56 Å². The van der Waals surface area contributed by atoms with Crippen LogP contribution in [-0.2, 0) is 17.6 Å². The molecule has 0 spiro atoms. The second-order valence-electron chi connectivity index (χ2n) is 9.40. The van der Waals surface area contributed by atoms with Gasteiger partial charge < -0.3 is 4.74 Å². The van der Waals surface area contributed by atoms with Gasteiger partial charge in [-0.25, -0.2) is 14.8 Å². The number of aromatic nitrogens is 5. The number of methoxy groups -OCH3 is 1. The third-order valence-corrected chi connectivity index (χ3v) is 6.67. The molecule has 0 radical (unpaired) electrons. The lowest BCUT2D eigenvalue weighted by Crippen LogP contribution is -2.29. The highest BCUT2D eigenvalue weighted by Crippen LogP contribution is 2.35. The van der Waals surface area contributed by atoms with E-state index in [1.54, 1.807) is 26.3 Å². The summed E-state index contributed by atoms with van der Waals surface area (Å²) in [6.07, 6.45) is 18.1. The van der Waals surface area contributed by atoms with Crippen LogP contribution >= 0.6 is 0 Å². The van der Waals surface area contributed by atoms with E-state index in [2.05, 4.69) is 28.1 Å². The van der Waals surface area contributed by atoms with Crippen molar-refractivity contribution in [2.45, 2.75) is 58.8 Å². The molecule has 4 rings (SSSR count). The number of allylic oxidation sites excluding steroid dienone is 6. The lowest BCUT2D eigenvalue weighted by molar-refractivity contribution is 0.306. The van der Waals surface area contributed by atoms with Gasteiger partial charge in [0.05, 0.1) is 19.0 Å². The van der Waals surface area contributed by atoms with E-state index >= 15 is 0 Å². The van der Waals surface area contributed by atoms with E-state index in [1.807, 2.05) is 43.5 Å². The molecule has 3 aromatic rings. The number of nitrogens with zero attached hydrogens (tertiary/aromatic N) is 5. The molecule has 0 amide bonds. The maximum atomic E-state index is 13.6. The maximum Gasteiger partial charge on any atom is 0.439 e. The first-order valence-corrected chi connectivity index (χ1v) is 13.3. The predicted molar refractivity (Wildman–Crippen MR) is 154 cm³/mol. The molecule has 0 fully saturated rings. The highest BCUT2D eigenvalue weighted by molar-refractivity contribution is 5.69. The third kappa shape index (κ3) is 6.69. The van der Waals surface area contributed by atoms with Crippen LogP contribution < -0.4 is 11.3 Å². The van der Waals surface area contributed by atoms with Gasteiger partial charge in [-0.1, -0.05) is 48.9 Å². The van der Waals surface area contributed by atoms with Crippen LogP contribution in [0.15, 0.2) is 79.8 Å². The van der Waals surface area contributed by atoms with E-state index in [1.165, 1.54) is 10.9 Å². The van der Waals surface area contributed by atoms with Crippen LogP contribution in [0.25, 0.3) is 5.57 Å². The molecule has 1 unspecified atom stereocenters. The topological polar surface area (TPSA) is 128 Å². The molecule has 10 heteroatoms. The van der Waals surface area contributed by atoms with Gasteiger partial charge in [-0.05, 0) is 50.8 Å². The van der Waals surface area contributed by atoms with Crippen LogP contribution in [0.4, 0.5) is 0 Å². The van der Waals surface area contributed by atoms with Crippen LogP contribution in [-0.4, -0.2) is 38.1 Å². The first-order valence-electron chi connectivity index (χ1n) is 13.3. The number of aromatic amines is 1. The van der Waals surface area contributed by atoms with Crippen LogP contribution in [0, 0.1) is 6.92 Å². The van der Waals surface area contributed by atoms with Crippen LogP contribution in [0.5, 0.6) is 0 Å². The summed E-state index contributed by atoms with van der Waals surface area (Å²) in [7, 11) is 1.57. The molecule has 1 aliphatic carbocycles. The second kappa shape index (κ2) is 13.5. The van der Waals surface area contributed by atoms with E-state index in [9.17, 15) is 9.59 Å². The Hall–Kier alpha value is -4.60. The molecular formula is C30H34N6O4. The van der Waals surface area contributed by atoms with Crippen molar-refractivity contribution in [3.63, 3.8) is 0 Å². The van der Waals surface area contributed by atoms with Crippen molar-refractivity contribution >= 4 is 11.9 Å². The number of ether oxygens (including phenoxy) is 1. The molecule has 0 aliphatic heterocycles. The van der Waals surface area contributed by atoms with Crippen molar-refractivity contribution in [2.75, 3.05) is 7.11 Å². The smallest absolute Gasteiger partial charge is 0.439 e. The van der Waals surface area contributed by atoms with Crippen molar-refractivity contribution in [1.29, 1.82) is 0 Å². The molecule has 3 heterocycles. The fourth-order valence-corrected chi connectivity index (χ4v) is 4.57. The quantitative estimate of drug-likeness (QED) is 0.162. The Balaban J connectivity index is 1.63. The minimum absolute atomic E-state index is 0.0329. The van der Waals surface area contributed by atoms with Gasteiger partial charge in [0.15, 0.2) is 5.82 Å². The number of aryl methyl sites for hydroxylation is 2. The zero-order valence-corrected chi connectivity index (χ0v) is 23.3. The lowest BCUT2D eigenvalue weighted by atomic mass is 9.85. The van der Waals surface area contributed by atoms with Crippen molar-refractivity contribution in [3.05, 3.63) is 116 Å². The summed E-state index contributed by atoms with van der Waals surface area (Å²) in [4.78, 5) is 41.5. The summed E-state index contributed by atoms with van der Waals surface area (Å²) in [6.45, 7) is 5.80. The van der Waals surface area contributed by atoms with Crippen molar-refractivity contribution in [2.24, 2.45) is 4.99 Å². The van der Waals surface area contributed by atoms with Gasteiger partial charge in [0, 0.05) is 35.4 Å². The molecule has 3 aromatic heterocycles. The Morgan fingerprint density at radius 3 is 2.85 bits per heavy atom. The second-order valence-corrected chi connectivity index (χ2v) is 9.40. The number of aliphatic imine (C=N–C) groups is 1. The highest BCUT2D eigenvalue weighted by Gasteiger charge is 2.23. The fraction of sp³-hybridized carbons (Fsp3) is 0.333. The number of pyridine rings is 1. The van der Waals surface area contributed by atoms with Crippen LogP contribution in [0.3, 0.4) is 0 Å². The molecule has 208 valence electrons. The van der Waals surface area contributed by atoms with Gasteiger partial charge >= 0.3 is 5.76 Å². The largest absolute Gasteiger partial charge is 0.495 e. The Labute approximate surface area is 232 Å². The van der Waals surface area contributed by atoms with Crippen LogP contribution in [0.1, 0.15) is 73.2 Å². The first-order chi connectivity index (χ1) is 19.4. The summed E-state index contributed by atoms with van der Waals surface area (Å²) in [6, 6.07) is 3.94. The van der Waals surface area contributed by atoms with E-state index in [0.717, 1.165) is 41.8 Å². The Morgan fingerprint density at radius 2 is 2.17 bits per heavy atom. The number of rotatable bonds is 11. The zero-order chi connectivity index (χ0) is 28.5. The Kier molecular flexibility index (Phi) is 9.56. The maximum absolute atomic E-state index is 13.6. The van der Waals surface area contributed by atoms with Crippen LogP contribution in [0.2, 0.25) is 0 Å². The van der Waals surface area contributed by atoms with Gasteiger partial charge in [0.1, 0.15) is 17.9 Å². The molecule has 0 saturated carbocycles. The molecule has 0 aromatic carbocycles. The van der Waals surface area contributed by atoms with Crippen molar-refractivity contribution in [1.82, 2.24) is 24.7 Å². The van der Waals surface area contributed by atoms with E-state index < -0.39 is 5.76 Å². The van der Waals surface area contributed by atoms with Gasteiger partial charge in [0.2, 0.25) is 0 Å². The average Bonchev–Trinajstić information content (AvgIpc) is 3.41. The molecule has 0 saturated heterocycles. The summed E-state index contributed by atoms with van der Waals surface area (Å²) in [5, 5.41) is 3.86. The molecule has 1 aliphatic rings. The summed E-state index contributed by atoms with van der Waals surface area (Å²) in [5.41, 5.74) is 3.83. The molecule has 0 bridgehead atoms. The van der Waals surface area contributed by atoms with Crippen molar-refractivity contribution in [3.8, 4) is 0 Å². The SMILES string of the molecule is C/C=C\C(=C/N=Cn1c(C)nc(CCCC)c(Cc2ccc(C3CC=CC=C3c3noc(=O)[nH]3)cn2)c1=O)OC. The lowest BCUT2D eigenvalue weighted by Gasteiger charge is -2.20. The normalized spacial score (nSPS) is 15.8. The molecule has 1 N–H and O–H groups in total. The summed E-state index contributed by atoms with van der Waals surface area (Å²) >= 11 is 0.